The zero-order valence-electron chi connectivity index (χ0n) is 10.5. The van der Waals surface area contributed by atoms with Crippen LogP contribution in [-0.4, -0.2) is 19.6 Å². The molecule has 18 heavy (non-hydrogen) atoms. The minimum absolute atomic E-state index is 0.756. The standard InChI is InChI=1S/C13H15N5/c1-3-18-8-10(7-16-18)11-5-13-9(4-12(11)14)6-15-17(13)2/h4-8H,3,14H2,1-2H3. The smallest absolute Gasteiger partial charge is 0.0686 e. The van der Waals surface area contributed by atoms with Crippen molar-refractivity contribution < 1.29 is 0 Å². The summed E-state index contributed by atoms with van der Waals surface area (Å²) in [6, 6.07) is 4.02. The number of benzene rings is 1. The van der Waals surface area contributed by atoms with Gasteiger partial charge in [-0.15, -0.1) is 0 Å². The zero-order chi connectivity index (χ0) is 12.7. The van der Waals surface area contributed by atoms with E-state index in [-0.39, 0.29) is 0 Å². The lowest BCUT2D eigenvalue weighted by Gasteiger charge is -2.04. The van der Waals surface area contributed by atoms with Gasteiger partial charge in [-0.2, -0.15) is 10.2 Å². The fraction of sp³-hybridized carbons (Fsp3) is 0.231. The lowest BCUT2D eigenvalue weighted by Crippen LogP contribution is -1.93. The van der Waals surface area contributed by atoms with Crippen molar-refractivity contribution in [2.24, 2.45) is 7.05 Å². The van der Waals surface area contributed by atoms with Gasteiger partial charge in [0.25, 0.3) is 0 Å². The third-order valence-electron chi connectivity index (χ3n) is 3.19. The second kappa shape index (κ2) is 3.87. The molecule has 0 amide bonds. The molecule has 0 atom stereocenters. The Morgan fingerprint density at radius 2 is 2.06 bits per heavy atom. The van der Waals surface area contributed by atoms with Crippen molar-refractivity contribution in [3.05, 3.63) is 30.7 Å². The Hall–Kier alpha value is -2.30. The highest BCUT2D eigenvalue weighted by Gasteiger charge is 2.09. The maximum atomic E-state index is 6.10. The molecule has 0 spiro atoms. The Bertz CT molecular complexity index is 707. The van der Waals surface area contributed by atoms with Crippen molar-refractivity contribution in [2.75, 3.05) is 5.73 Å². The first-order valence-corrected chi connectivity index (χ1v) is 5.93. The Balaban J connectivity index is 2.21. The molecule has 0 aliphatic carbocycles. The van der Waals surface area contributed by atoms with Crippen LogP contribution in [0, 0.1) is 0 Å². The predicted octanol–water partition coefficient (Wildman–Crippen LogP) is 2.04. The maximum Gasteiger partial charge on any atom is 0.0686 e. The van der Waals surface area contributed by atoms with Crippen molar-refractivity contribution in [1.29, 1.82) is 0 Å². The van der Waals surface area contributed by atoms with Crippen LogP contribution in [0.25, 0.3) is 22.0 Å². The molecule has 2 heterocycles. The molecule has 0 saturated heterocycles. The molecule has 0 unspecified atom stereocenters. The van der Waals surface area contributed by atoms with E-state index in [0.29, 0.717) is 0 Å². The summed E-state index contributed by atoms with van der Waals surface area (Å²) in [5, 5.41) is 9.57. The average Bonchev–Trinajstić information content (AvgIpc) is 2.96. The van der Waals surface area contributed by atoms with Crippen molar-refractivity contribution in [3.63, 3.8) is 0 Å². The summed E-state index contributed by atoms with van der Waals surface area (Å²) in [6.07, 6.45) is 5.68. The first-order chi connectivity index (χ1) is 8.69. The van der Waals surface area contributed by atoms with E-state index in [1.165, 1.54) is 0 Å². The number of hydrogen-bond acceptors (Lipinski definition) is 3. The number of fused-ring (bicyclic) bond motifs is 1. The number of nitrogen functional groups attached to an aromatic ring is 1. The summed E-state index contributed by atoms with van der Waals surface area (Å²) in [7, 11) is 1.93. The number of anilines is 1. The van der Waals surface area contributed by atoms with Gasteiger partial charge in [-0.3, -0.25) is 9.36 Å². The summed E-state index contributed by atoms with van der Waals surface area (Å²) >= 11 is 0. The lowest BCUT2D eigenvalue weighted by molar-refractivity contribution is 0.660. The van der Waals surface area contributed by atoms with Gasteiger partial charge < -0.3 is 5.73 Å². The first-order valence-electron chi connectivity index (χ1n) is 5.93. The van der Waals surface area contributed by atoms with Gasteiger partial charge in [0.2, 0.25) is 0 Å². The monoisotopic (exact) mass is 241 g/mol. The lowest BCUT2D eigenvalue weighted by atomic mass is 10.1. The highest BCUT2D eigenvalue weighted by Crippen LogP contribution is 2.30. The molecule has 3 rings (SSSR count). The predicted molar refractivity (Wildman–Crippen MR) is 72.0 cm³/mol. The summed E-state index contributed by atoms with van der Waals surface area (Å²) in [4.78, 5) is 0. The summed E-state index contributed by atoms with van der Waals surface area (Å²) in [5.41, 5.74) is 9.98. The molecule has 2 aromatic heterocycles. The third-order valence-corrected chi connectivity index (χ3v) is 3.19. The number of aromatic nitrogens is 4. The Morgan fingerprint density at radius 1 is 1.22 bits per heavy atom. The van der Waals surface area contributed by atoms with Gasteiger partial charge >= 0.3 is 0 Å². The quantitative estimate of drug-likeness (QED) is 0.698. The van der Waals surface area contributed by atoms with E-state index in [1.54, 1.807) is 0 Å². The number of aryl methyl sites for hydroxylation is 2. The van der Waals surface area contributed by atoms with E-state index < -0.39 is 0 Å². The van der Waals surface area contributed by atoms with Crippen LogP contribution in [0.2, 0.25) is 0 Å². The third kappa shape index (κ3) is 1.55. The van der Waals surface area contributed by atoms with Gasteiger partial charge in [-0.05, 0) is 19.1 Å². The fourth-order valence-corrected chi connectivity index (χ4v) is 2.14. The highest BCUT2D eigenvalue weighted by molar-refractivity contribution is 5.91. The van der Waals surface area contributed by atoms with Crippen LogP contribution < -0.4 is 5.73 Å². The van der Waals surface area contributed by atoms with E-state index in [1.807, 2.05) is 41.1 Å². The molecule has 5 heteroatoms. The Kier molecular flexibility index (Phi) is 2.33. The summed E-state index contributed by atoms with van der Waals surface area (Å²) in [6.45, 7) is 2.91. The molecule has 0 fully saturated rings. The molecule has 3 aromatic rings. The topological polar surface area (TPSA) is 61.7 Å². The summed E-state index contributed by atoms with van der Waals surface area (Å²) in [5.74, 6) is 0. The van der Waals surface area contributed by atoms with Crippen molar-refractivity contribution in [2.45, 2.75) is 13.5 Å². The van der Waals surface area contributed by atoms with Gasteiger partial charge in [-0.25, -0.2) is 0 Å². The maximum absolute atomic E-state index is 6.10. The van der Waals surface area contributed by atoms with Crippen LogP contribution >= 0.6 is 0 Å². The summed E-state index contributed by atoms with van der Waals surface area (Å²) < 4.78 is 3.74. The normalized spacial score (nSPS) is 11.2. The van der Waals surface area contributed by atoms with Crippen molar-refractivity contribution in [3.8, 4) is 11.1 Å². The Labute approximate surface area is 105 Å². The molecule has 0 bridgehead atoms. The van der Waals surface area contributed by atoms with E-state index in [9.17, 15) is 0 Å². The van der Waals surface area contributed by atoms with E-state index in [0.717, 1.165) is 34.3 Å². The number of rotatable bonds is 2. The van der Waals surface area contributed by atoms with Crippen molar-refractivity contribution >= 4 is 16.6 Å². The highest BCUT2D eigenvalue weighted by atomic mass is 15.3. The molecular formula is C13H15N5. The minimum Gasteiger partial charge on any atom is -0.398 e. The van der Waals surface area contributed by atoms with E-state index >= 15 is 0 Å². The van der Waals surface area contributed by atoms with E-state index in [4.69, 9.17) is 5.73 Å². The fourth-order valence-electron chi connectivity index (χ4n) is 2.14. The van der Waals surface area contributed by atoms with Crippen LogP contribution in [0.1, 0.15) is 6.92 Å². The van der Waals surface area contributed by atoms with Gasteiger partial charge in [-0.1, -0.05) is 0 Å². The second-order valence-electron chi connectivity index (χ2n) is 4.35. The van der Waals surface area contributed by atoms with Crippen LogP contribution in [0.15, 0.2) is 30.7 Å². The van der Waals surface area contributed by atoms with Crippen LogP contribution in [-0.2, 0) is 13.6 Å². The molecule has 0 aliphatic rings. The number of nitrogens with zero attached hydrogens (tertiary/aromatic N) is 4. The number of nitrogens with two attached hydrogens (primary N) is 1. The largest absolute Gasteiger partial charge is 0.398 e. The molecule has 92 valence electrons. The molecule has 1 aromatic carbocycles. The molecule has 0 saturated carbocycles. The van der Waals surface area contributed by atoms with Crippen molar-refractivity contribution in [1.82, 2.24) is 19.6 Å². The van der Waals surface area contributed by atoms with Gasteiger partial charge in [0.1, 0.15) is 0 Å². The molecule has 0 aliphatic heterocycles. The van der Waals surface area contributed by atoms with Gasteiger partial charge in [0.15, 0.2) is 0 Å². The van der Waals surface area contributed by atoms with Crippen LogP contribution in [0.4, 0.5) is 5.69 Å². The number of hydrogen-bond donors (Lipinski definition) is 1. The Morgan fingerprint density at radius 3 is 2.78 bits per heavy atom. The SMILES string of the molecule is CCn1cc(-c2cc3c(cnn3C)cc2N)cn1. The minimum atomic E-state index is 0.756. The molecule has 2 N–H and O–H groups in total. The average molecular weight is 241 g/mol. The first kappa shape index (κ1) is 10.8. The zero-order valence-corrected chi connectivity index (χ0v) is 10.5. The van der Waals surface area contributed by atoms with Gasteiger partial charge in [0, 0.05) is 42.0 Å². The molecule has 5 nitrogen and oxygen atoms in total. The second-order valence-corrected chi connectivity index (χ2v) is 4.35. The molecular weight excluding hydrogens is 226 g/mol. The van der Waals surface area contributed by atoms with Crippen LogP contribution in [0.3, 0.4) is 0 Å². The van der Waals surface area contributed by atoms with Gasteiger partial charge in [0.05, 0.1) is 17.9 Å². The van der Waals surface area contributed by atoms with Crippen LogP contribution in [0.5, 0.6) is 0 Å². The molecule has 0 radical (unpaired) electrons. The van der Waals surface area contributed by atoms with E-state index in [2.05, 4.69) is 23.2 Å².